The number of nitrogens with zero attached hydrogens (tertiary/aromatic N) is 3. The van der Waals surface area contributed by atoms with Gasteiger partial charge < -0.3 is 14.7 Å². The first kappa shape index (κ1) is 12.5. The molecule has 1 saturated heterocycles. The van der Waals surface area contributed by atoms with Gasteiger partial charge in [0.15, 0.2) is 5.82 Å². The molecule has 2 rings (SSSR count). The third-order valence-corrected chi connectivity index (χ3v) is 2.74. The number of hydrogen-bond acceptors (Lipinski definition) is 5. The fourth-order valence-corrected chi connectivity index (χ4v) is 1.83. The van der Waals surface area contributed by atoms with Gasteiger partial charge in [-0.1, -0.05) is 5.16 Å². The maximum atomic E-state index is 11.9. The van der Waals surface area contributed by atoms with E-state index in [0.29, 0.717) is 31.2 Å². The summed E-state index contributed by atoms with van der Waals surface area (Å²) in [5.41, 5.74) is 0. The summed E-state index contributed by atoms with van der Waals surface area (Å²) in [4.78, 5) is 28.9. The summed E-state index contributed by atoms with van der Waals surface area (Å²) in [6.45, 7) is 3.11. The predicted molar refractivity (Wildman–Crippen MR) is 61.6 cm³/mol. The summed E-state index contributed by atoms with van der Waals surface area (Å²) in [7, 11) is 0. The topological polar surface area (TPSA) is 88.3 Å². The highest BCUT2D eigenvalue weighted by atomic mass is 16.5. The van der Waals surface area contributed by atoms with Crippen molar-refractivity contribution >= 4 is 11.8 Å². The third-order valence-electron chi connectivity index (χ3n) is 2.74. The van der Waals surface area contributed by atoms with E-state index >= 15 is 0 Å². The average molecular weight is 252 g/mol. The molecule has 0 radical (unpaired) electrons. The highest BCUT2D eigenvalue weighted by molar-refractivity contribution is 5.85. The second-order valence-corrected chi connectivity index (χ2v) is 4.25. The van der Waals surface area contributed by atoms with Crippen LogP contribution in [0.1, 0.15) is 24.6 Å². The van der Waals surface area contributed by atoms with Gasteiger partial charge in [-0.3, -0.25) is 9.59 Å². The fraction of sp³-hybridized carbons (Fsp3) is 0.636. The minimum absolute atomic E-state index is 0.0529. The van der Waals surface area contributed by atoms with Crippen LogP contribution in [0.4, 0.5) is 0 Å². The SMILES string of the molecule is Cc1noc(CCC(=O)N2CCCNC(=O)C2)n1. The Kier molecular flexibility index (Phi) is 3.91. The zero-order chi connectivity index (χ0) is 13.0. The maximum absolute atomic E-state index is 11.9. The van der Waals surface area contributed by atoms with Crippen LogP contribution in [-0.2, 0) is 16.0 Å². The van der Waals surface area contributed by atoms with E-state index in [1.807, 2.05) is 0 Å². The van der Waals surface area contributed by atoms with Crippen molar-refractivity contribution in [2.45, 2.75) is 26.2 Å². The third kappa shape index (κ3) is 3.28. The van der Waals surface area contributed by atoms with Gasteiger partial charge in [0, 0.05) is 25.9 Å². The Morgan fingerprint density at radius 2 is 2.39 bits per heavy atom. The minimum atomic E-state index is -0.102. The Morgan fingerprint density at radius 1 is 1.56 bits per heavy atom. The van der Waals surface area contributed by atoms with Gasteiger partial charge in [0.05, 0.1) is 6.54 Å². The van der Waals surface area contributed by atoms with Gasteiger partial charge in [0.25, 0.3) is 0 Å². The largest absolute Gasteiger partial charge is 0.354 e. The molecule has 0 bridgehead atoms. The Morgan fingerprint density at radius 3 is 3.11 bits per heavy atom. The quantitative estimate of drug-likeness (QED) is 0.795. The first-order chi connectivity index (χ1) is 8.65. The second kappa shape index (κ2) is 5.61. The predicted octanol–water partition coefficient (Wildman–Crippen LogP) is -0.341. The molecule has 1 fully saturated rings. The number of hydrogen-bond donors (Lipinski definition) is 1. The van der Waals surface area contributed by atoms with Crippen molar-refractivity contribution in [2.75, 3.05) is 19.6 Å². The van der Waals surface area contributed by atoms with Gasteiger partial charge in [-0.2, -0.15) is 4.98 Å². The number of aryl methyl sites for hydroxylation is 2. The number of amides is 2. The van der Waals surface area contributed by atoms with E-state index in [4.69, 9.17) is 4.52 Å². The zero-order valence-electron chi connectivity index (χ0n) is 10.3. The lowest BCUT2D eigenvalue weighted by molar-refractivity contribution is -0.135. The fourth-order valence-electron chi connectivity index (χ4n) is 1.83. The van der Waals surface area contributed by atoms with E-state index in [2.05, 4.69) is 15.5 Å². The molecule has 0 unspecified atom stereocenters. The van der Waals surface area contributed by atoms with Crippen LogP contribution in [0.25, 0.3) is 0 Å². The van der Waals surface area contributed by atoms with Crippen LogP contribution in [0.3, 0.4) is 0 Å². The number of aromatic nitrogens is 2. The summed E-state index contributed by atoms with van der Waals surface area (Å²) < 4.78 is 4.94. The lowest BCUT2D eigenvalue weighted by atomic mass is 10.2. The Bertz CT molecular complexity index is 443. The molecule has 2 amide bonds. The molecular formula is C11H16N4O3. The molecule has 1 aromatic rings. The van der Waals surface area contributed by atoms with E-state index in [0.717, 1.165) is 6.42 Å². The van der Waals surface area contributed by atoms with E-state index in [1.54, 1.807) is 11.8 Å². The summed E-state index contributed by atoms with van der Waals surface area (Å²) in [6, 6.07) is 0. The van der Waals surface area contributed by atoms with Crippen LogP contribution in [0.5, 0.6) is 0 Å². The summed E-state index contributed by atoms with van der Waals surface area (Å²) in [6.07, 6.45) is 1.49. The summed E-state index contributed by atoms with van der Waals surface area (Å²) in [5, 5.41) is 6.39. The molecule has 0 aliphatic carbocycles. The molecule has 0 saturated carbocycles. The molecule has 1 N–H and O–H groups in total. The number of nitrogens with one attached hydrogen (secondary N) is 1. The highest BCUT2D eigenvalue weighted by Crippen LogP contribution is 2.05. The first-order valence-corrected chi connectivity index (χ1v) is 5.99. The van der Waals surface area contributed by atoms with Crippen molar-refractivity contribution < 1.29 is 14.1 Å². The van der Waals surface area contributed by atoms with Crippen molar-refractivity contribution in [2.24, 2.45) is 0 Å². The van der Waals surface area contributed by atoms with E-state index < -0.39 is 0 Å². The molecule has 18 heavy (non-hydrogen) atoms. The minimum Gasteiger partial charge on any atom is -0.354 e. The van der Waals surface area contributed by atoms with Crippen LogP contribution in [0.15, 0.2) is 4.52 Å². The number of carbonyl (C=O) groups is 2. The highest BCUT2D eigenvalue weighted by Gasteiger charge is 2.20. The van der Waals surface area contributed by atoms with Crippen molar-refractivity contribution in [3.05, 3.63) is 11.7 Å². The monoisotopic (exact) mass is 252 g/mol. The molecule has 0 spiro atoms. The van der Waals surface area contributed by atoms with Crippen molar-refractivity contribution in [3.8, 4) is 0 Å². The molecule has 1 aliphatic heterocycles. The Labute approximate surface area is 105 Å². The van der Waals surface area contributed by atoms with Gasteiger partial charge in [0.1, 0.15) is 0 Å². The van der Waals surface area contributed by atoms with Gasteiger partial charge in [-0.05, 0) is 13.3 Å². The van der Waals surface area contributed by atoms with E-state index in [1.165, 1.54) is 0 Å². The Balaban J connectivity index is 1.85. The van der Waals surface area contributed by atoms with Crippen LogP contribution < -0.4 is 5.32 Å². The van der Waals surface area contributed by atoms with Gasteiger partial charge >= 0.3 is 0 Å². The number of rotatable bonds is 3. The van der Waals surface area contributed by atoms with Crippen molar-refractivity contribution in [3.63, 3.8) is 0 Å². The van der Waals surface area contributed by atoms with Crippen LogP contribution in [0, 0.1) is 6.92 Å². The molecule has 0 atom stereocenters. The molecule has 0 aromatic carbocycles. The normalized spacial score (nSPS) is 16.3. The van der Waals surface area contributed by atoms with Gasteiger partial charge in [-0.25, -0.2) is 0 Å². The molecule has 2 heterocycles. The first-order valence-electron chi connectivity index (χ1n) is 5.99. The maximum Gasteiger partial charge on any atom is 0.239 e. The molecule has 1 aromatic heterocycles. The average Bonchev–Trinajstić information content (AvgIpc) is 2.63. The smallest absolute Gasteiger partial charge is 0.239 e. The van der Waals surface area contributed by atoms with Crippen molar-refractivity contribution in [1.82, 2.24) is 20.4 Å². The lowest BCUT2D eigenvalue weighted by Crippen LogP contribution is -2.37. The molecule has 7 nitrogen and oxygen atoms in total. The zero-order valence-corrected chi connectivity index (χ0v) is 10.3. The Hall–Kier alpha value is -1.92. The number of carbonyl (C=O) groups excluding carboxylic acids is 2. The molecule has 98 valence electrons. The van der Waals surface area contributed by atoms with Crippen molar-refractivity contribution in [1.29, 1.82) is 0 Å². The van der Waals surface area contributed by atoms with Crippen LogP contribution in [0.2, 0.25) is 0 Å². The summed E-state index contributed by atoms with van der Waals surface area (Å²) >= 11 is 0. The van der Waals surface area contributed by atoms with E-state index in [9.17, 15) is 9.59 Å². The van der Waals surface area contributed by atoms with Crippen LogP contribution >= 0.6 is 0 Å². The summed E-state index contributed by atoms with van der Waals surface area (Å²) in [5.74, 6) is 0.865. The molecule has 1 aliphatic rings. The van der Waals surface area contributed by atoms with Gasteiger partial charge in [-0.15, -0.1) is 0 Å². The molecular weight excluding hydrogens is 236 g/mol. The van der Waals surface area contributed by atoms with E-state index in [-0.39, 0.29) is 24.8 Å². The second-order valence-electron chi connectivity index (χ2n) is 4.25. The van der Waals surface area contributed by atoms with Crippen LogP contribution in [-0.4, -0.2) is 46.5 Å². The standard InChI is InChI=1S/C11H16N4O3/c1-8-13-10(18-14-8)3-4-11(17)15-6-2-5-12-9(16)7-15/h2-7H2,1H3,(H,12,16). The molecule has 7 heteroatoms. The van der Waals surface area contributed by atoms with Gasteiger partial charge in [0.2, 0.25) is 17.7 Å². The lowest BCUT2D eigenvalue weighted by Gasteiger charge is -2.18.